The second-order valence-electron chi connectivity index (χ2n) is 5.47. The van der Waals surface area contributed by atoms with Gasteiger partial charge < -0.3 is 21.4 Å². The van der Waals surface area contributed by atoms with Crippen molar-refractivity contribution in [2.75, 3.05) is 12.4 Å². The molecule has 0 spiro atoms. The van der Waals surface area contributed by atoms with Crippen LogP contribution in [0.2, 0.25) is 0 Å². The predicted octanol–water partition coefficient (Wildman–Crippen LogP) is 1.68. The zero-order valence-corrected chi connectivity index (χ0v) is 12.6. The van der Waals surface area contributed by atoms with Crippen molar-refractivity contribution >= 4 is 33.7 Å². The number of hydrogen-bond donors (Lipinski definition) is 3. The fourth-order valence-electron chi connectivity index (χ4n) is 2.81. The van der Waals surface area contributed by atoms with Crippen molar-refractivity contribution < 1.29 is 4.79 Å². The lowest BCUT2D eigenvalue weighted by Gasteiger charge is -2.11. The Bertz CT molecular complexity index is 866. The Morgan fingerprint density at radius 2 is 2.09 bits per heavy atom. The summed E-state index contributed by atoms with van der Waals surface area (Å²) < 4.78 is 2.08. The lowest BCUT2D eigenvalue weighted by molar-refractivity contribution is 0.100. The Kier molecular flexibility index (Phi) is 3.46. The summed E-state index contributed by atoms with van der Waals surface area (Å²) >= 11 is 0. The number of nitrogens with one attached hydrogen (secondary N) is 1. The number of para-hydroxylation sites is 1. The molecule has 0 bridgehead atoms. The Morgan fingerprint density at radius 1 is 1.36 bits per heavy atom. The van der Waals surface area contributed by atoms with E-state index < -0.39 is 5.91 Å². The van der Waals surface area contributed by atoms with Crippen LogP contribution in [-0.2, 0) is 6.54 Å². The van der Waals surface area contributed by atoms with Gasteiger partial charge in [0.25, 0.3) is 5.91 Å². The van der Waals surface area contributed by atoms with Gasteiger partial charge in [0.1, 0.15) is 11.5 Å². The van der Waals surface area contributed by atoms with Crippen LogP contribution in [0.4, 0.5) is 5.82 Å². The molecular weight excluding hydrogens is 278 g/mol. The van der Waals surface area contributed by atoms with Crippen LogP contribution in [-0.4, -0.2) is 28.5 Å². The first-order valence-electron chi connectivity index (χ1n) is 7.18. The fourth-order valence-corrected chi connectivity index (χ4v) is 2.81. The summed E-state index contributed by atoms with van der Waals surface area (Å²) in [7, 11) is 1.72. The Labute approximate surface area is 128 Å². The third-order valence-corrected chi connectivity index (χ3v) is 3.72. The fraction of sp³-hybridized carbons (Fsp3) is 0.250. The maximum absolute atomic E-state index is 11.7. The topological polar surface area (TPSA) is 99.0 Å². The van der Waals surface area contributed by atoms with Gasteiger partial charge in [-0.1, -0.05) is 18.2 Å². The van der Waals surface area contributed by atoms with Gasteiger partial charge in [-0.2, -0.15) is 0 Å². The van der Waals surface area contributed by atoms with Gasteiger partial charge >= 0.3 is 0 Å². The monoisotopic (exact) mass is 297 g/mol. The summed E-state index contributed by atoms with van der Waals surface area (Å²) in [6.07, 6.45) is 0. The first-order valence-corrected chi connectivity index (χ1v) is 7.18. The van der Waals surface area contributed by atoms with Crippen LogP contribution in [0.3, 0.4) is 0 Å². The van der Waals surface area contributed by atoms with E-state index in [1.165, 1.54) is 0 Å². The largest absolute Gasteiger partial charge is 0.372 e. The molecule has 5 N–H and O–H groups in total. The minimum Gasteiger partial charge on any atom is -0.372 e. The molecule has 1 aromatic carbocycles. The summed E-state index contributed by atoms with van der Waals surface area (Å²) in [6, 6.07) is 9.79. The summed E-state index contributed by atoms with van der Waals surface area (Å²) in [5.41, 5.74) is 13.7. The molecule has 3 rings (SSSR count). The van der Waals surface area contributed by atoms with E-state index in [-0.39, 0.29) is 6.04 Å². The van der Waals surface area contributed by atoms with Crippen LogP contribution in [0.15, 0.2) is 30.3 Å². The van der Waals surface area contributed by atoms with Gasteiger partial charge in [-0.15, -0.1) is 0 Å². The van der Waals surface area contributed by atoms with Gasteiger partial charge in [0.15, 0.2) is 0 Å². The van der Waals surface area contributed by atoms with E-state index in [2.05, 4.69) is 14.9 Å². The molecule has 114 valence electrons. The van der Waals surface area contributed by atoms with Crippen molar-refractivity contribution in [1.82, 2.24) is 9.55 Å². The minimum absolute atomic E-state index is 0.00495. The lowest BCUT2D eigenvalue weighted by atomic mass is 10.1. The van der Waals surface area contributed by atoms with Crippen LogP contribution < -0.4 is 16.8 Å². The molecule has 2 aromatic heterocycles. The Morgan fingerprint density at radius 3 is 2.73 bits per heavy atom. The maximum Gasteiger partial charge on any atom is 0.252 e. The van der Waals surface area contributed by atoms with E-state index >= 15 is 0 Å². The van der Waals surface area contributed by atoms with Crippen LogP contribution in [0.25, 0.3) is 21.9 Å². The third kappa shape index (κ3) is 2.17. The predicted molar refractivity (Wildman–Crippen MR) is 89.0 cm³/mol. The number of hydrogen-bond acceptors (Lipinski definition) is 4. The Balaban J connectivity index is 2.43. The maximum atomic E-state index is 11.7. The zero-order chi connectivity index (χ0) is 15.9. The number of amides is 1. The molecule has 0 aliphatic carbocycles. The highest BCUT2D eigenvalue weighted by molar-refractivity contribution is 6.10. The number of carbonyl (C=O) groups is 1. The second-order valence-corrected chi connectivity index (χ2v) is 5.47. The minimum atomic E-state index is -0.497. The molecule has 3 aromatic rings. The highest BCUT2D eigenvalue weighted by Gasteiger charge is 2.17. The Hall–Kier alpha value is -2.60. The van der Waals surface area contributed by atoms with Gasteiger partial charge in [-0.05, 0) is 19.1 Å². The van der Waals surface area contributed by atoms with Crippen molar-refractivity contribution in [2.45, 2.75) is 19.5 Å². The molecular formula is C16H19N5O. The van der Waals surface area contributed by atoms with E-state index in [9.17, 15) is 4.79 Å². The number of pyridine rings is 1. The molecule has 22 heavy (non-hydrogen) atoms. The first kappa shape index (κ1) is 14.3. The average Bonchev–Trinajstić information content (AvgIpc) is 2.79. The number of nitrogens with two attached hydrogens (primary N) is 2. The molecule has 6 heteroatoms. The normalized spacial score (nSPS) is 12.7. The molecule has 1 atom stereocenters. The quantitative estimate of drug-likeness (QED) is 0.682. The molecule has 0 aliphatic heterocycles. The van der Waals surface area contributed by atoms with Gasteiger partial charge in [-0.3, -0.25) is 4.79 Å². The number of aromatic nitrogens is 2. The van der Waals surface area contributed by atoms with Crippen LogP contribution in [0.1, 0.15) is 17.3 Å². The van der Waals surface area contributed by atoms with Crippen LogP contribution in [0.5, 0.6) is 0 Å². The van der Waals surface area contributed by atoms with Crippen molar-refractivity contribution in [3.05, 3.63) is 35.9 Å². The SMILES string of the molecule is CNc1nc2c(cc1C(N)=O)c1ccccc1n2C[C@H](C)N. The van der Waals surface area contributed by atoms with E-state index in [4.69, 9.17) is 11.5 Å². The third-order valence-electron chi connectivity index (χ3n) is 3.72. The molecule has 6 nitrogen and oxygen atoms in total. The van der Waals surface area contributed by atoms with E-state index in [1.807, 2.05) is 31.2 Å². The average molecular weight is 297 g/mol. The lowest BCUT2D eigenvalue weighted by Crippen LogP contribution is -2.22. The van der Waals surface area contributed by atoms with Crippen LogP contribution in [0, 0.1) is 0 Å². The van der Waals surface area contributed by atoms with Crippen molar-refractivity contribution in [2.24, 2.45) is 11.5 Å². The number of fused-ring (bicyclic) bond motifs is 3. The number of benzene rings is 1. The van der Waals surface area contributed by atoms with Crippen molar-refractivity contribution in [3.63, 3.8) is 0 Å². The molecule has 0 fully saturated rings. The number of anilines is 1. The van der Waals surface area contributed by atoms with Gasteiger partial charge in [0.05, 0.1) is 11.1 Å². The summed E-state index contributed by atoms with van der Waals surface area (Å²) in [6.45, 7) is 2.60. The number of nitrogens with zero attached hydrogens (tertiary/aromatic N) is 2. The molecule has 0 unspecified atom stereocenters. The van der Waals surface area contributed by atoms with Gasteiger partial charge in [0.2, 0.25) is 0 Å². The standard InChI is InChI=1S/C16H19N5O/c1-9(17)8-21-13-6-4-3-5-10(13)11-7-12(14(18)22)15(19-2)20-16(11)21/h3-7,9H,8,17H2,1-2H3,(H2,18,22)(H,19,20)/t9-/m0/s1. The smallest absolute Gasteiger partial charge is 0.252 e. The summed E-state index contributed by atoms with van der Waals surface area (Å²) in [4.78, 5) is 16.3. The summed E-state index contributed by atoms with van der Waals surface area (Å²) in [5, 5.41) is 4.88. The number of rotatable bonds is 4. The van der Waals surface area contributed by atoms with Gasteiger partial charge in [-0.25, -0.2) is 4.98 Å². The molecule has 0 radical (unpaired) electrons. The van der Waals surface area contributed by atoms with Crippen LogP contribution >= 0.6 is 0 Å². The molecule has 2 heterocycles. The van der Waals surface area contributed by atoms with E-state index in [0.717, 1.165) is 21.9 Å². The van der Waals surface area contributed by atoms with Crippen molar-refractivity contribution in [1.29, 1.82) is 0 Å². The molecule has 1 amide bonds. The zero-order valence-electron chi connectivity index (χ0n) is 12.6. The number of primary amides is 1. The highest BCUT2D eigenvalue weighted by atomic mass is 16.1. The second kappa shape index (κ2) is 5.31. The van der Waals surface area contributed by atoms with E-state index in [0.29, 0.717) is 17.9 Å². The van der Waals surface area contributed by atoms with Gasteiger partial charge in [0, 0.05) is 30.4 Å². The highest BCUT2D eigenvalue weighted by Crippen LogP contribution is 2.30. The van der Waals surface area contributed by atoms with Crippen molar-refractivity contribution in [3.8, 4) is 0 Å². The molecule has 0 saturated heterocycles. The van der Waals surface area contributed by atoms with E-state index in [1.54, 1.807) is 13.1 Å². The molecule has 0 aliphatic rings. The first-order chi connectivity index (χ1) is 10.5. The summed E-state index contributed by atoms with van der Waals surface area (Å²) in [5.74, 6) is -0.0171. The molecule has 0 saturated carbocycles. The number of carbonyl (C=O) groups excluding carboxylic acids is 1.